The van der Waals surface area contributed by atoms with E-state index in [0.717, 1.165) is 29.5 Å². The second kappa shape index (κ2) is 11.4. The Kier molecular flexibility index (Phi) is 9.19. The number of nitrogens with one attached hydrogen (secondary N) is 1. The predicted octanol–water partition coefficient (Wildman–Crippen LogP) is 5.49. The minimum Gasteiger partial charge on any atom is -0.354 e. The maximum absolute atomic E-state index is 13.2. The number of unbranched alkanes of at least 4 members (excludes halogenated alkanes) is 1. The van der Waals surface area contributed by atoms with Gasteiger partial charge in [-0.3, -0.25) is 9.59 Å². The van der Waals surface area contributed by atoms with Crippen molar-refractivity contribution in [1.82, 2.24) is 10.2 Å². The second-order valence-electron chi connectivity index (χ2n) is 7.69. The molecule has 0 saturated heterocycles. The molecular formula is C24H30Cl2N2O2. The van der Waals surface area contributed by atoms with Crippen LogP contribution in [0.4, 0.5) is 0 Å². The van der Waals surface area contributed by atoms with Gasteiger partial charge in [-0.15, -0.1) is 0 Å². The lowest BCUT2D eigenvalue weighted by Crippen LogP contribution is -2.48. The van der Waals surface area contributed by atoms with Crippen molar-refractivity contribution >= 4 is 35.0 Å². The summed E-state index contributed by atoms with van der Waals surface area (Å²) >= 11 is 12.2. The highest BCUT2D eigenvalue weighted by Gasteiger charge is 2.26. The van der Waals surface area contributed by atoms with Gasteiger partial charge in [-0.2, -0.15) is 0 Å². The molecule has 1 N–H and O–H groups in total. The van der Waals surface area contributed by atoms with Gasteiger partial charge in [0.2, 0.25) is 11.8 Å². The van der Waals surface area contributed by atoms with Crippen molar-refractivity contribution in [3.63, 3.8) is 0 Å². The summed E-state index contributed by atoms with van der Waals surface area (Å²) in [4.78, 5) is 27.5. The molecule has 0 aromatic heterocycles. The molecule has 2 rings (SSSR count). The van der Waals surface area contributed by atoms with E-state index in [1.54, 1.807) is 24.0 Å². The van der Waals surface area contributed by atoms with Crippen LogP contribution in [0.25, 0.3) is 0 Å². The first-order chi connectivity index (χ1) is 14.2. The van der Waals surface area contributed by atoms with E-state index in [2.05, 4.69) is 12.2 Å². The number of hydrogen-bond donors (Lipinski definition) is 1. The van der Waals surface area contributed by atoms with Crippen molar-refractivity contribution in [2.75, 3.05) is 6.54 Å². The molecule has 2 aromatic rings. The summed E-state index contributed by atoms with van der Waals surface area (Å²) in [6.45, 7) is 8.78. The van der Waals surface area contributed by atoms with Gasteiger partial charge in [0.15, 0.2) is 0 Å². The van der Waals surface area contributed by atoms with E-state index in [1.165, 1.54) is 5.56 Å². The van der Waals surface area contributed by atoms with Gasteiger partial charge in [-0.1, -0.05) is 60.8 Å². The molecule has 0 fully saturated rings. The van der Waals surface area contributed by atoms with E-state index in [1.807, 2.05) is 38.1 Å². The minimum atomic E-state index is -0.602. The van der Waals surface area contributed by atoms with Crippen LogP contribution in [0, 0.1) is 13.8 Å². The topological polar surface area (TPSA) is 49.4 Å². The molecule has 162 valence electrons. The average Bonchev–Trinajstić information content (AvgIpc) is 2.71. The molecule has 1 atom stereocenters. The maximum atomic E-state index is 13.2. The molecule has 0 spiro atoms. The first kappa shape index (κ1) is 24.2. The van der Waals surface area contributed by atoms with Crippen molar-refractivity contribution in [2.24, 2.45) is 0 Å². The Balaban J connectivity index is 2.23. The van der Waals surface area contributed by atoms with Gasteiger partial charge < -0.3 is 10.2 Å². The zero-order valence-electron chi connectivity index (χ0n) is 18.1. The summed E-state index contributed by atoms with van der Waals surface area (Å²) in [6, 6.07) is 10.7. The molecule has 0 heterocycles. The Morgan fingerprint density at radius 3 is 2.33 bits per heavy atom. The molecule has 30 heavy (non-hydrogen) atoms. The third kappa shape index (κ3) is 6.75. The van der Waals surface area contributed by atoms with Crippen molar-refractivity contribution in [2.45, 2.75) is 59.5 Å². The summed E-state index contributed by atoms with van der Waals surface area (Å²) in [5.74, 6) is -0.264. The van der Waals surface area contributed by atoms with Gasteiger partial charge in [-0.25, -0.2) is 0 Å². The van der Waals surface area contributed by atoms with Crippen molar-refractivity contribution in [1.29, 1.82) is 0 Å². The van der Waals surface area contributed by atoms with Crippen LogP contribution in [0.5, 0.6) is 0 Å². The molecule has 0 radical (unpaired) electrons. The highest BCUT2D eigenvalue weighted by Crippen LogP contribution is 2.24. The fourth-order valence-electron chi connectivity index (χ4n) is 3.14. The van der Waals surface area contributed by atoms with Gasteiger partial charge in [0.05, 0.1) is 16.5 Å². The van der Waals surface area contributed by atoms with Gasteiger partial charge in [-0.05, 0) is 61.6 Å². The van der Waals surface area contributed by atoms with E-state index < -0.39 is 6.04 Å². The second-order valence-corrected chi connectivity index (χ2v) is 8.50. The van der Waals surface area contributed by atoms with Crippen LogP contribution in [0.2, 0.25) is 10.0 Å². The third-order valence-corrected chi connectivity index (χ3v) is 6.00. The summed E-state index contributed by atoms with van der Waals surface area (Å²) in [7, 11) is 0. The van der Waals surface area contributed by atoms with Gasteiger partial charge in [0.25, 0.3) is 0 Å². The van der Waals surface area contributed by atoms with Crippen LogP contribution in [-0.4, -0.2) is 29.3 Å². The number of aryl methyl sites for hydroxylation is 2. The Hall–Kier alpha value is -2.04. The summed E-state index contributed by atoms with van der Waals surface area (Å²) in [6.07, 6.45) is 2.13. The number of carbonyl (C=O) groups is 2. The van der Waals surface area contributed by atoms with E-state index in [4.69, 9.17) is 23.2 Å². The minimum absolute atomic E-state index is 0.109. The Morgan fingerprint density at radius 2 is 1.70 bits per heavy atom. The fraction of sp³-hybridized carbons (Fsp3) is 0.417. The first-order valence-electron chi connectivity index (χ1n) is 10.3. The average molecular weight is 449 g/mol. The number of nitrogens with zero attached hydrogens (tertiary/aromatic N) is 1. The molecule has 0 aliphatic carbocycles. The number of benzene rings is 2. The summed E-state index contributed by atoms with van der Waals surface area (Å²) < 4.78 is 0. The Morgan fingerprint density at radius 1 is 1.00 bits per heavy atom. The Labute approximate surface area is 189 Å². The van der Waals surface area contributed by atoms with Gasteiger partial charge in [0.1, 0.15) is 6.04 Å². The van der Waals surface area contributed by atoms with E-state index in [0.29, 0.717) is 16.6 Å². The van der Waals surface area contributed by atoms with Crippen LogP contribution < -0.4 is 5.32 Å². The number of amides is 2. The molecule has 6 heteroatoms. The highest BCUT2D eigenvalue weighted by molar-refractivity contribution is 6.42. The quantitative estimate of drug-likeness (QED) is 0.515. The van der Waals surface area contributed by atoms with Crippen molar-refractivity contribution in [3.8, 4) is 0 Å². The van der Waals surface area contributed by atoms with Crippen molar-refractivity contribution in [3.05, 3.63) is 68.7 Å². The lowest BCUT2D eigenvalue weighted by molar-refractivity contribution is -0.140. The number of rotatable bonds is 9. The predicted molar refractivity (Wildman–Crippen MR) is 124 cm³/mol. The van der Waals surface area contributed by atoms with Crippen molar-refractivity contribution < 1.29 is 9.59 Å². The van der Waals surface area contributed by atoms with E-state index in [9.17, 15) is 9.59 Å². The smallest absolute Gasteiger partial charge is 0.242 e. The first-order valence-corrected chi connectivity index (χ1v) is 11.1. The largest absolute Gasteiger partial charge is 0.354 e. The molecule has 0 aliphatic heterocycles. The van der Waals surface area contributed by atoms with Crippen LogP contribution in [0.1, 0.15) is 48.9 Å². The molecular weight excluding hydrogens is 419 g/mol. The fourth-order valence-corrected chi connectivity index (χ4v) is 3.46. The molecule has 0 bridgehead atoms. The third-order valence-electron chi connectivity index (χ3n) is 5.26. The van der Waals surface area contributed by atoms with Crippen LogP contribution in [0.15, 0.2) is 36.4 Å². The molecule has 0 saturated carbocycles. The Bertz CT molecular complexity index is 899. The van der Waals surface area contributed by atoms with Gasteiger partial charge >= 0.3 is 0 Å². The highest BCUT2D eigenvalue weighted by atomic mass is 35.5. The summed E-state index contributed by atoms with van der Waals surface area (Å²) in [5, 5.41) is 3.81. The van der Waals surface area contributed by atoms with Gasteiger partial charge in [0, 0.05) is 13.1 Å². The molecule has 0 aliphatic rings. The molecule has 2 aromatic carbocycles. The number of hydrogen-bond acceptors (Lipinski definition) is 2. The lowest BCUT2D eigenvalue weighted by Gasteiger charge is -2.29. The van der Waals surface area contributed by atoms with E-state index >= 15 is 0 Å². The van der Waals surface area contributed by atoms with Crippen LogP contribution in [-0.2, 0) is 22.6 Å². The number of carbonyl (C=O) groups excluding carboxylic acids is 2. The molecule has 0 unspecified atom stereocenters. The zero-order chi connectivity index (χ0) is 22.3. The molecule has 2 amide bonds. The molecule has 4 nitrogen and oxygen atoms in total. The normalized spacial score (nSPS) is 11.8. The van der Waals surface area contributed by atoms with Crippen LogP contribution >= 0.6 is 23.2 Å². The summed E-state index contributed by atoms with van der Waals surface area (Å²) in [5.41, 5.74) is 4.08. The van der Waals surface area contributed by atoms with E-state index in [-0.39, 0.29) is 24.8 Å². The monoisotopic (exact) mass is 448 g/mol. The SMILES string of the molecule is CCCCNC(=O)[C@@H](C)N(Cc1ccc(Cl)c(Cl)c1)C(=O)Cc1ccc(C)c(C)c1. The van der Waals surface area contributed by atoms with Crippen LogP contribution in [0.3, 0.4) is 0 Å². The maximum Gasteiger partial charge on any atom is 0.242 e. The zero-order valence-corrected chi connectivity index (χ0v) is 19.6. The lowest BCUT2D eigenvalue weighted by atomic mass is 10.0. The number of halogens is 2. The standard InChI is InChI=1S/C24H30Cl2N2O2/c1-5-6-11-27-24(30)18(4)28(15-20-9-10-21(25)22(26)13-20)23(29)14-19-8-7-16(2)17(3)12-19/h7-10,12-13,18H,5-6,11,14-15H2,1-4H3,(H,27,30)/t18-/m1/s1.